The molecule has 0 saturated carbocycles. The molecule has 0 amide bonds. The van der Waals surface area contributed by atoms with Crippen LogP contribution in [0.15, 0.2) is 42.5 Å². The van der Waals surface area contributed by atoms with Gasteiger partial charge >= 0.3 is 0 Å². The third-order valence-corrected chi connectivity index (χ3v) is 3.90. The van der Waals surface area contributed by atoms with Crippen LogP contribution in [0, 0.1) is 8.34 Å². The van der Waals surface area contributed by atoms with Gasteiger partial charge in [0, 0.05) is 14.3 Å². The number of aromatic nitrogens is 2. The first-order valence-corrected chi connectivity index (χ1v) is 7.18. The topological polar surface area (TPSA) is 20.7 Å². The molecule has 0 atom stereocenters. The van der Waals surface area contributed by atoms with E-state index in [-0.39, 0.29) is 0 Å². The molecule has 1 N–H and O–H groups in total. The van der Waals surface area contributed by atoms with Crippen LogP contribution in [-0.2, 0) is 0 Å². The number of hydrogen-bond acceptors (Lipinski definition) is 1. The molecule has 2 aromatic carbocycles. The third-order valence-electron chi connectivity index (χ3n) is 2.71. The molecule has 18 heavy (non-hydrogen) atoms. The van der Waals surface area contributed by atoms with Gasteiger partial charge in [0.2, 0.25) is 0 Å². The Morgan fingerprint density at radius 1 is 1.17 bits per heavy atom. The van der Waals surface area contributed by atoms with E-state index < -0.39 is 0 Å². The zero-order valence-corrected chi connectivity index (χ0v) is 12.9. The van der Waals surface area contributed by atoms with Crippen molar-refractivity contribution in [3.8, 4) is 5.69 Å². The molecule has 0 aliphatic rings. The smallest absolute Gasteiger partial charge is 0.182 e. The lowest BCUT2D eigenvalue weighted by Crippen LogP contribution is -1.94. The Balaban J connectivity index is 2.38. The molecule has 5 heteroatoms. The van der Waals surface area contributed by atoms with Crippen molar-refractivity contribution in [2.24, 2.45) is 0 Å². The number of fused-ring (bicyclic) bond motifs is 1. The lowest BCUT2D eigenvalue weighted by atomic mass is 10.3. The maximum Gasteiger partial charge on any atom is 0.182 e. The van der Waals surface area contributed by atoms with Gasteiger partial charge in [-0.1, -0.05) is 17.7 Å². The number of imidazole rings is 1. The molecule has 0 unspecified atom stereocenters. The van der Waals surface area contributed by atoms with Crippen LogP contribution in [0.5, 0.6) is 0 Å². The Kier molecular flexibility index (Phi) is 3.17. The molecule has 1 aromatic heterocycles. The Morgan fingerprint density at radius 2 is 2.00 bits per heavy atom. The van der Waals surface area contributed by atoms with E-state index in [1.807, 2.05) is 34.9 Å². The minimum Gasteiger partial charge on any atom is -0.330 e. The van der Waals surface area contributed by atoms with Crippen LogP contribution in [0.1, 0.15) is 0 Å². The zero-order valence-electron chi connectivity index (χ0n) is 9.15. The SMILES string of the molecule is S=c1[nH]c2ccc(Cl)cc2n1-c1cccc(I)c1. The van der Waals surface area contributed by atoms with Gasteiger partial charge in [0.1, 0.15) is 0 Å². The maximum atomic E-state index is 6.06. The first-order chi connectivity index (χ1) is 8.65. The Morgan fingerprint density at radius 3 is 2.78 bits per heavy atom. The number of nitrogens with one attached hydrogen (secondary N) is 1. The van der Waals surface area contributed by atoms with Gasteiger partial charge in [-0.2, -0.15) is 0 Å². The zero-order chi connectivity index (χ0) is 12.7. The van der Waals surface area contributed by atoms with Gasteiger partial charge in [0.15, 0.2) is 4.77 Å². The number of nitrogens with zero attached hydrogens (tertiary/aromatic N) is 1. The van der Waals surface area contributed by atoms with Crippen molar-refractivity contribution in [1.82, 2.24) is 9.55 Å². The summed E-state index contributed by atoms with van der Waals surface area (Å²) >= 11 is 13.7. The minimum atomic E-state index is 0.675. The molecular weight excluding hydrogens is 379 g/mol. The molecule has 3 aromatic rings. The highest BCUT2D eigenvalue weighted by atomic mass is 127. The monoisotopic (exact) mass is 386 g/mol. The summed E-state index contributed by atoms with van der Waals surface area (Å²) in [6, 6.07) is 13.9. The summed E-state index contributed by atoms with van der Waals surface area (Å²) in [4.78, 5) is 3.19. The van der Waals surface area contributed by atoms with Crippen LogP contribution < -0.4 is 0 Å². The Bertz CT molecular complexity index is 791. The van der Waals surface area contributed by atoms with E-state index >= 15 is 0 Å². The van der Waals surface area contributed by atoms with E-state index in [1.165, 1.54) is 3.57 Å². The van der Waals surface area contributed by atoms with Gasteiger partial charge in [-0.25, -0.2) is 0 Å². The van der Waals surface area contributed by atoms with Gasteiger partial charge in [-0.05, 0) is 71.2 Å². The van der Waals surface area contributed by atoms with Gasteiger partial charge in [0.05, 0.1) is 11.0 Å². The number of rotatable bonds is 1. The predicted octanol–water partition coefficient (Wildman–Crippen LogP) is 4.95. The fourth-order valence-electron chi connectivity index (χ4n) is 1.95. The van der Waals surface area contributed by atoms with Gasteiger partial charge in [-0.15, -0.1) is 0 Å². The summed E-state index contributed by atoms with van der Waals surface area (Å²) in [6.07, 6.45) is 0. The standard InChI is InChI=1S/C13H8ClIN2S/c14-8-4-5-11-12(6-8)17(13(18)16-11)10-3-1-2-9(15)7-10/h1-7H,(H,16,18). The lowest BCUT2D eigenvalue weighted by Gasteiger charge is -2.05. The highest BCUT2D eigenvalue weighted by Crippen LogP contribution is 2.23. The number of aromatic amines is 1. The highest BCUT2D eigenvalue weighted by Gasteiger charge is 2.07. The van der Waals surface area contributed by atoms with E-state index in [4.69, 9.17) is 23.8 Å². The Labute approximate surface area is 128 Å². The van der Waals surface area contributed by atoms with Crippen molar-refractivity contribution in [3.63, 3.8) is 0 Å². The van der Waals surface area contributed by atoms with Gasteiger partial charge < -0.3 is 4.98 Å². The summed E-state index contributed by atoms with van der Waals surface area (Å²) in [6.45, 7) is 0. The Hall–Kier alpha value is -0.850. The molecule has 2 nitrogen and oxygen atoms in total. The summed E-state index contributed by atoms with van der Waals surface area (Å²) in [7, 11) is 0. The number of halogens is 2. The first-order valence-electron chi connectivity index (χ1n) is 5.31. The number of benzene rings is 2. The molecule has 0 aliphatic heterocycles. The van der Waals surface area contributed by atoms with Crippen LogP contribution >= 0.6 is 46.4 Å². The van der Waals surface area contributed by atoms with Crippen molar-refractivity contribution in [1.29, 1.82) is 0 Å². The molecule has 0 spiro atoms. The fourth-order valence-corrected chi connectivity index (χ4v) is 2.95. The summed E-state index contributed by atoms with van der Waals surface area (Å²) in [5.41, 5.74) is 3.03. The van der Waals surface area contributed by atoms with Crippen LogP contribution in [-0.4, -0.2) is 9.55 Å². The van der Waals surface area contributed by atoms with Crippen LogP contribution in [0.4, 0.5) is 0 Å². The molecule has 0 aliphatic carbocycles. The molecule has 0 fully saturated rings. The van der Waals surface area contributed by atoms with Crippen molar-refractivity contribution < 1.29 is 0 Å². The molecule has 0 saturated heterocycles. The second kappa shape index (κ2) is 4.68. The molecule has 0 bridgehead atoms. The van der Waals surface area contributed by atoms with E-state index in [1.54, 1.807) is 0 Å². The molecule has 1 heterocycles. The summed E-state index contributed by atoms with van der Waals surface area (Å²) in [5, 5.41) is 0.705. The maximum absolute atomic E-state index is 6.06. The van der Waals surface area contributed by atoms with E-state index in [0.29, 0.717) is 9.79 Å². The minimum absolute atomic E-state index is 0.675. The summed E-state index contributed by atoms with van der Waals surface area (Å²) < 4.78 is 3.84. The quantitative estimate of drug-likeness (QED) is 0.464. The molecule has 3 rings (SSSR count). The second-order valence-electron chi connectivity index (χ2n) is 3.91. The fraction of sp³-hybridized carbons (Fsp3) is 0. The van der Waals surface area contributed by atoms with Crippen molar-refractivity contribution in [3.05, 3.63) is 55.8 Å². The van der Waals surface area contributed by atoms with E-state index in [2.05, 4.69) is 39.7 Å². The van der Waals surface area contributed by atoms with Gasteiger partial charge in [0.25, 0.3) is 0 Å². The molecule has 0 radical (unpaired) electrons. The second-order valence-corrected chi connectivity index (χ2v) is 5.98. The largest absolute Gasteiger partial charge is 0.330 e. The molecule has 90 valence electrons. The number of hydrogen-bond donors (Lipinski definition) is 1. The van der Waals surface area contributed by atoms with Crippen LogP contribution in [0.3, 0.4) is 0 Å². The molecular formula is C13H8ClIN2S. The predicted molar refractivity (Wildman–Crippen MR) is 86.2 cm³/mol. The van der Waals surface area contributed by atoms with Crippen LogP contribution in [0.25, 0.3) is 16.7 Å². The van der Waals surface area contributed by atoms with Crippen molar-refractivity contribution in [2.45, 2.75) is 0 Å². The van der Waals surface area contributed by atoms with Crippen molar-refractivity contribution in [2.75, 3.05) is 0 Å². The summed E-state index contributed by atoms with van der Waals surface area (Å²) in [5.74, 6) is 0. The highest BCUT2D eigenvalue weighted by molar-refractivity contribution is 14.1. The van der Waals surface area contributed by atoms with Crippen LogP contribution in [0.2, 0.25) is 5.02 Å². The van der Waals surface area contributed by atoms with E-state index in [0.717, 1.165) is 16.7 Å². The van der Waals surface area contributed by atoms with E-state index in [9.17, 15) is 0 Å². The number of H-pyrrole nitrogens is 1. The average Bonchev–Trinajstić information content (AvgIpc) is 2.64. The van der Waals surface area contributed by atoms with Crippen molar-refractivity contribution >= 4 is 57.4 Å². The van der Waals surface area contributed by atoms with Gasteiger partial charge in [-0.3, -0.25) is 4.57 Å². The normalized spacial score (nSPS) is 11.0. The third kappa shape index (κ3) is 2.08. The first kappa shape index (κ1) is 12.2. The average molecular weight is 387 g/mol. The lowest BCUT2D eigenvalue weighted by molar-refractivity contribution is 1.06.